The van der Waals surface area contributed by atoms with E-state index in [4.69, 9.17) is 23.7 Å². The quantitative estimate of drug-likeness (QED) is 0.173. The molecule has 0 saturated heterocycles. The Kier molecular flexibility index (Phi) is 16.8. The van der Waals surface area contributed by atoms with Gasteiger partial charge in [0.15, 0.2) is 6.61 Å². The Bertz CT molecular complexity index is 1220. The van der Waals surface area contributed by atoms with Gasteiger partial charge in [-0.3, -0.25) is 14.4 Å². The SMILES string of the molecule is CSC(=O)COCCOCCNC(=O)COCCOCCNC(=O)COc1ccc(-c2ccc(F)cc2F)cc1C(=O)O. The predicted molar refractivity (Wildman–Crippen MR) is 152 cm³/mol. The van der Waals surface area contributed by atoms with E-state index in [2.05, 4.69) is 10.6 Å². The van der Waals surface area contributed by atoms with Crippen LogP contribution in [0.3, 0.4) is 0 Å². The minimum absolute atomic E-state index is 0.0173. The Morgan fingerprint density at radius 3 is 1.98 bits per heavy atom. The first kappa shape index (κ1) is 35.6. The molecule has 15 heteroatoms. The van der Waals surface area contributed by atoms with Gasteiger partial charge in [-0.15, -0.1) is 0 Å². The van der Waals surface area contributed by atoms with Crippen LogP contribution in [0.15, 0.2) is 36.4 Å². The molecule has 0 saturated carbocycles. The fourth-order valence-corrected chi connectivity index (χ4v) is 3.51. The van der Waals surface area contributed by atoms with E-state index in [1.54, 1.807) is 6.26 Å². The summed E-state index contributed by atoms with van der Waals surface area (Å²) in [5, 5.41) is 14.6. The van der Waals surface area contributed by atoms with Crippen LogP contribution >= 0.6 is 11.8 Å². The summed E-state index contributed by atoms with van der Waals surface area (Å²) in [6, 6.07) is 6.83. The second kappa shape index (κ2) is 20.3. The van der Waals surface area contributed by atoms with Crippen molar-refractivity contribution in [3.8, 4) is 16.9 Å². The van der Waals surface area contributed by atoms with Crippen molar-refractivity contribution in [2.24, 2.45) is 0 Å². The van der Waals surface area contributed by atoms with Crippen LogP contribution in [0.5, 0.6) is 5.75 Å². The van der Waals surface area contributed by atoms with E-state index in [1.807, 2.05) is 0 Å². The molecule has 0 atom stereocenters. The zero-order valence-electron chi connectivity index (χ0n) is 23.5. The highest BCUT2D eigenvalue weighted by atomic mass is 32.2. The highest BCUT2D eigenvalue weighted by molar-refractivity contribution is 8.13. The van der Waals surface area contributed by atoms with Gasteiger partial charge in [-0.2, -0.15) is 0 Å². The molecule has 0 bridgehead atoms. The predicted octanol–water partition coefficient (Wildman–Crippen LogP) is 1.90. The number of carbonyl (C=O) groups excluding carboxylic acids is 3. The summed E-state index contributed by atoms with van der Waals surface area (Å²) < 4.78 is 53.5. The molecule has 0 radical (unpaired) electrons. The van der Waals surface area contributed by atoms with E-state index in [1.165, 1.54) is 24.3 Å². The van der Waals surface area contributed by atoms with Crippen LogP contribution in [0.4, 0.5) is 8.78 Å². The van der Waals surface area contributed by atoms with Crippen molar-refractivity contribution < 1.29 is 56.7 Å². The number of aromatic carboxylic acids is 1. The monoisotopic (exact) mass is 628 g/mol. The maximum absolute atomic E-state index is 14.1. The summed E-state index contributed by atoms with van der Waals surface area (Å²) in [6.07, 6.45) is 1.68. The Hall–Kier alpha value is -3.63. The molecule has 2 rings (SSSR count). The Labute approximate surface area is 251 Å². The third kappa shape index (κ3) is 14.4. The number of carboxylic acids is 1. The minimum Gasteiger partial charge on any atom is -0.483 e. The van der Waals surface area contributed by atoms with Crippen molar-refractivity contribution in [2.45, 2.75) is 0 Å². The van der Waals surface area contributed by atoms with Crippen LogP contribution in [-0.2, 0) is 33.3 Å². The molecular weight excluding hydrogens is 594 g/mol. The van der Waals surface area contributed by atoms with Crippen LogP contribution < -0.4 is 15.4 Å². The van der Waals surface area contributed by atoms with Gasteiger partial charge in [0.2, 0.25) is 11.0 Å². The van der Waals surface area contributed by atoms with E-state index in [0.29, 0.717) is 19.2 Å². The lowest BCUT2D eigenvalue weighted by Crippen LogP contribution is -2.32. The number of hydrogen-bond acceptors (Lipinski definition) is 10. The van der Waals surface area contributed by atoms with Crippen molar-refractivity contribution in [3.63, 3.8) is 0 Å². The molecule has 0 unspecified atom stereocenters. The van der Waals surface area contributed by atoms with Crippen LogP contribution in [0, 0.1) is 11.6 Å². The maximum Gasteiger partial charge on any atom is 0.339 e. The van der Waals surface area contributed by atoms with E-state index in [0.717, 1.165) is 17.8 Å². The second-order valence-electron chi connectivity index (χ2n) is 8.53. The third-order valence-electron chi connectivity index (χ3n) is 5.37. The lowest BCUT2D eigenvalue weighted by molar-refractivity contribution is -0.127. The molecule has 0 aliphatic heterocycles. The first-order valence-corrected chi connectivity index (χ1v) is 14.3. The summed E-state index contributed by atoms with van der Waals surface area (Å²) in [6.45, 7) is 1.23. The van der Waals surface area contributed by atoms with Crippen molar-refractivity contribution in [1.29, 1.82) is 0 Å². The first-order chi connectivity index (χ1) is 20.7. The Morgan fingerprint density at radius 2 is 1.37 bits per heavy atom. The number of benzene rings is 2. The number of amides is 2. The molecule has 0 aromatic heterocycles. The molecule has 3 N–H and O–H groups in total. The van der Waals surface area contributed by atoms with E-state index >= 15 is 0 Å². The molecule has 43 heavy (non-hydrogen) atoms. The summed E-state index contributed by atoms with van der Waals surface area (Å²) in [7, 11) is 0. The van der Waals surface area contributed by atoms with Crippen LogP contribution in [0.2, 0.25) is 0 Å². The average Bonchev–Trinajstić information content (AvgIpc) is 2.98. The standard InChI is InChI=1S/C28H34F2N2O10S/c1-43-27(35)18-41-13-11-39-8-6-31-25(33)16-40-12-10-38-9-7-32-26(34)17-42-24-5-2-19(14-22(24)28(36)37)21-4-3-20(29)15-23(21)30/h2-5,14-15H,6-13,16-18H2,1H3,(H,31,33)(H,32,34)(H,36,37). The zero-order chi connectivity index (χ0) is 31.5. The highest BCUT2D eigenvalue weighted by Crippen LogP contribution is 2.29. The average molecular weight is 629 g/mol. The zero-order valence-corrected chi connectivity index (χ0v) is 24.3. The van der Waals surface area contributed by atoms with Crippen LogP contribution in [0.1, 0.15) is 10.4 Å². The number of hydrogen-bond donors (Lipinski definition) is 3. The molecule has 0 fully saturated rings. The molecule has 236 valence electrons. The van der Waals surface area contributed by atoms with E-state index < -0.39 is 30.1 Å². The van der Waals surface area contributed by atoms with Gasteiger partial charge in [0.1, 0.15) is 36.2 Å². The van der Waals surface area contributed by atoms with Gasteiger partial charge in [-0.1, -0.05) is 17.8 Å². The molecular formula is C28H34F2N2O10S. The molecule has 2 aromatic carbocycles. The third-order valence-corrected chi connectivity index (χ3v) is 5.95. The van der Waals surface area contributed by atoms with Gasteiger partial charge in [-0.25, -0.2) is 13.6 Å². The first-order valence-electron chi connectivity index (χ1n) is 13.1. The fraction of sp³-hybridized carbons (Fsp3) is 0.429. The molecule has 0 spiro atoms. The number of carbonyl (C=O) groups is 4. The van der Waals surface area contributed by atoms with Gasteiger partial charge in [0.05, 0.1) is 39.6 Å². The number of thioether (sulfide) groups is 1. The highest BCUT2D eigenvalue weighted by Gasteiger charge is 2.16. The maximum atomic E-state index is 14.1. The van der Waals surface area contributed by atoms with Gasteiger partial charge < -0.3 is 39.4 Å². The summed E-state index contributed by atoms with van der Waals surface area (Å²) in [4.78, 5) is 46.5. The van der Waals surface area contributed by atoms with Gasteiger partial charge >= 0.3 is 5.97 Å². The number of carboxylic acid groups (broad SMARTS) is 1. The van der Waals surface area contributed by atoms with Crippen molar-refractivity contribution >= 4 is 34.7 Å². The van der Waals surface area contributed by atoms with Crippen LogP contribution in [0.25, 0.3) is 11.1 Å². The summed E-state index contributed by atoms with van der Waals surface area (Å²) >= 11 is 1.10. The smallest absolute Gasteiger partial charge is 0.339 e. The van der Waals surface area contributed by atoms with Crippen molar-refractivity contribution in [3.05, 3.63) is 53.6 Å². The normalized spacial score (nSPS) is 10.8. The fourth-order valence-electron chi connectivity index (χ4n) is 3.30. The molecule has 2 amide bonds. The lowest BCUT2D eigenvalue weighted by atomic mass is 10.0. The molecule has 2 aromatic rings. The van der Waals surface area contributed by atoms with Crippen LogP contribution in [-0.4, -0.2) is 107 Å². The largest absolute Gasteiger partial charge is 0.483 e. The van der Waals surface area contributed by atoms with Gasteiger partial charge in [-0.05, 0) is 36.1 Å². The number of halogens is 2. The minimum atomic E-state index is -1.35. The lowest BCUT2D eigenvalue weighted by Gasteiger charge is -2.12. The van der Waals surface area contributed by atoms with E-state index in [-0.39, 0.29) is 86.3 Å². The number of ether oxygens (including phenoxy) is 5. The Morgan fingerprint density at radius 1 is 0.767 bits per heavy atom. The molecule has 0 aliphatic carbocycles. The van der Waals surface area contributed by atoms with Crippen molar-refractivity contribution in [1.82, 2.24) is 10.6 Å². The summed E-state index contributed by atoms with van der Waals surface area (Å²) in [5.74, 6) is -3.89. The van der Waals surface area contributed by atoms with E-state index in [9.17, 15) is 33.1 Å². The molecule has 0 aliphatic rings. The Balaban J connectivity index is 1.53. The van der Waals surface area contributed by atoms with Gasteiger partial charge in [0.25, 0.3) is 5.91 Å². The second-order valence-corrected chi connectivity index (χ2v) is 9.40. The number of rotatable bonds is 21. The van der Waals surface area contributed by atoms with Gasteiger partial charge in [0, 0.05) is 24.7 Å². The molecule has 0 heterocycles. The summed E-state index contributed by atoms with van der Waals surface area (Å²) in [5.41, 5.74) is -0.0660. The molecule has 12 nitrogen and oxygen atoms in total. The van der Waals surface area contributed by atoms with Crippen molar-refractivity contribution in [2.75, 3.05) is 78.8 Å². The number of nitrogens with one attached hydrogen (secondary N) is 2. The topological polar surface area (TPSA) is 159 Å².